The topological polar surface area (TPSA) is 24.1 Å². The van der Waals surface area contributed by atoms with E-state index in [0.717, 1.165) is 18.0 Å². The number of benzene rings is 1. The molecule has 0 radical (unpaired) electrons. The van der Waals surface area contributed by atoms with Gasteiger partial charge in [-0.1, -0.05) is 53.7 Å². The molecule has 0 aliphatic carbocycles. The highest BCUT2D eigenvalue weighted by atomic mass is 32.2. The molecule has 0 atom stereocenters. The molecule has 0 amide bonds. The zero-order valence-electron chi connectivity index (χ0n) is 14.0. The largest absolute Gasteiger partial charge is 0.362 e. The molecule has 4 heteroatoms. The van der Waals surface area contributed by atoms with Crippen molar-refractivity contribution in [1.29, 1.82) is 0 Å². The zero-order chi connectivity index (χ0) is 16.1. The highest BCUT2D eigenvalue weighted by Crippen LogP contribution is 2.23. The van der Waals surface area contributed by atoms with E-state index < -0.39 is 0 Å². The highest BCUT2D eigenvalue weighted by molar-refractivity contribution is 8.00. The Morgan fingerprint density at radius 3 is 2.10 bits per heavy atom. The third-order valence-electron chi connectivity index (χ3n) is 2.93. The van der Waals surface area contributed by atoms with Crippen LogP contribution in [0.1, 0.15) is 47.1 Å². The second kappa shape index (κ2) is 7.50. The number of hydrogen-bond donors (Lipinski definition) is 2. The fourth-order valence-corrected chi connectivity index (χ4v) is 2.79. The minimum absolute atomic E-state index is 0.182. The van der Waals surface area contributed by atoms with Crippen molar-refractivity contribution in [3.8, 4) is 0 Å². The van der Waals surface area contributed by atoms with E-state index in [1.54, 1.807) is 0 Å². The van der Waals surface area contributed by atoms with Crippen LogP contribution in [0.15, 0.2) is 24.3 Å². The third-order valence-corrected chi connectivity index (χ3v) is 4.45. The lowest BCUT2D eigenvalue weighted by molar-refractivity contribution is 0.590. The molecule has 2 nitrogen and oxygen atoms in total. The maximum atomic E-state index is 5.32. The van der Waals surface area contributed by atoms with E-state index in [-0.39, 0.29) is 5.41 Å². The summed E-state index contributed by atoms with van der Waals surface area (Å²) in [5.41, 5.74) is 2.54. The first-order chi connectivity index (χ1) is 9.58. The van der Waals surface area contributed by atoms with Crippen LogP contribution in [0.3, 0.4) is 0 Å². The van der Waals surface area contributed by atoms with Gasteiger partial charge in [0.15, 0.2) is 5.11 Å². The summed E-state index contributed by atoms with van der Waals surface area (Å²) in [6.45, 7) is 14.2. The number of thioether (sulfide) groups is 1. The maximum absolute atomic E-state index is 5.32. The average molecular weight is 325 g/mol. The number of anilines is 1. The van der Waals surface area contributed by atoms with Crippen molar-refractivity contribution in [2.45, 2.75) is 51.7 Å². The smallest absolute Gasteiger partial charge is 0.170 e. The molecule has 118 valence electrons. The van der Waals surface area contributed by atoms with Gasteiger partial charge in [-0.15, -0.1) is 0 Å². The Hall–Kier alpha value is -0.740. The van der Waals surface area contributed by atoms with Crippen molar-refractivity contribution in [3.63, 3.8) is 0 Å². The van der Waals surface area contributed by atoms with E-state index in [1.807, 2.05) is 11.8 Å². The first-order valence-electron chi connectivity index (χ1n) is 7.37. The van der Waals surface area contributed by atoms with Crippen LogP contribution >= 0.6 is 24.0 Å². The molecule has 0 saturated heterocycles. The predicted octanol–water partition coefficient (Wildman–Crippen LogP) is 4.80. The average Bonchev–Trinajstić information content (AvgIpc) is 2.33. The molecule has 0 unspecified atom stereocenters. The first-order valence-corrected chi connectivity index (χ1v) is 8.77. The number of nitrogens with one attached hydrogen (secondary N) is 2. The summed E-state index contributed by atoms with van der Waals surface area (Å²) < 4.78 is 0.305. The van der Waals surface area contributed by atoms with Crippen molar-refractivity contribution >= 4 is 34.8 Å². The quantitative estimate of drug-likeness (QED) is 0.613. The van der Waals surface area contributed by atoms with Crippen LogP contribution in [0.4, 0.5) is 5.69 Å². The molecule has 1 rings (SSSR count). The lowest BCUT2D eigenvalue weighted by Crippen LogP contribution is -2.31. The van der Waals surface area contributed by atoms with Crippen molar-refractivity contribution in [2.24, 2.45) is 0 Å². The normalized spacial score (nSPS) is 12.1. The van der Waals surface area contributed by atoms with Gasteiger partial charge in [0.25, 0.3) is 0 Å². The molecule has 2 N–H and O–H groups in total. The summed E-state index contributed by atoms with van der Waals surface area (Å²) in [5.74, 6) is 1.05. The first kappa shape index (κ1) is 18.3. The molecule has 0 spiro atoms. The van der Waals surface area contributed by atoms with Crippen LogP contribution < -0.4 is 10.6 Å². The highest BCUT2D eigenvalue weighted by Gasteiger charge is 2.13. The van der Waals surface area contributed by atoms with Crippen molar-refractivity contribution in [1.82, 2.24) is 5.32 Å². The van der Waals surface area contributed by atoms with Crippen LogP contribution in [0.2, 0.25) is 0 Å². The minimum atomic E-state index is 0.182. The van der Waals surface area contributed by atoms with Crippen molar-refractivity contribution in [3.05, 3.63) is 29.8 Å². The SMILES string of the molecule is CC(C)(C)SCCNC(=S)Nc1ccc(C(C)(C)C)cc1. The number of thiocarbonyl (C=S) groups is 1. The number of rotatable bonds is 4. The molecule has 0 bridgehead atoms. The summed E-state index contributed by atoms with van der Waals surface area (Å²) in [7, 11) is 0. The van der Waals surface area contributed by atoms with E-state index in [1.165, 1.54) is 5.56 Å². The summed E-state index contributed by atoms with van der Waals surface area (Å²) in [5, 5.41) is 7.17. The van der Waals surface area contributed by atoms with Gasteiger partial charge in [-0.25, -0.2) is 0 Å². The second-order valence-corrected chi connectivity index (χ2v) is 9.50. The molecule has 21 heavy (non-hydrogen) atoms. The van der Waals surface area contributed by atoms with Gasteiger partial charge in [-0.2, -0.15) is 11.8 Å². The lowest BCUT2D eigenvalue weighted by Gasteiger charge is -2.20. The molecule has 0 fully saturated rings. The van der Waals surface area contributed by atoms with Gasteiger partial charge < -0.3 is 10.6 Å². The summed E-state index contributed by atoms with van der Waals surface area (Å²) in [6.07, 6.45) is 0. The maximum Gasteiger partial charge on any atom is 0.170 e. The van der Waals surface area contributed by atoms with Crippen molar-refractivity contribution < 1.29 is 0 Å². The van der Waals surface area contributed by atoms with Gasteiger partial charge in [0.05, 0.1) is 0 Å². The van der Waals surface area contributed by atoms with Crippen LogP contribution in [0.5, 0.6) is 0 Å². The van der Waals surface area contributed by atoms with Crippen LogP contribution in [-0.4, -0.2) is 22.2 Å². The molecule has 0 aromatic heterocycles. The van der Waals surface area contributed by atoms with E-state index in [9.17, 15) is 0 Å². The van der Waals surface area contributed by atoms with Crippen LogP contribution in [0.25, 0.3) is 0 Å². The summed E-state index contributed by atoms with van der Waals surface area (Å²) in [4.78, 5) is 0. The Labute approximate surface area is 139 Å². The molecule has 0 aliphatic heterocycles. The van der Waals surface area contributed by atoms with E-state index in [4.69, 9.17) is 12.2 Å². The monoisotopic (exact) mass is 324 g/mol. The van der Waals surface area contributed by atoms with E-state index in [0.29, 0.717) is 9.86 Å². The Balaban J connectivity index is 2.38. The molecule has 1 aromatic rings. The van der Waals surface area contributed by atoms with E-state index in [2.05, 4.69) is 76.4 Å². The second-order valence-electron chi connectivity index (χ2n) is 7.17. The number of hydrogen-bond acceptors (Lipinski definition) is 2. The fraction of sp³-hybridized carbons (Fsp3) is 0.588. The summed E-state index contributed by atoms with van der Waals surface area (Å²) >= 11 is 7.25. The zero-order valence-corrected chi connectivity index (χ0v) is 15.7. The Kier molecular flexibility index (Phi) is 6.54. The summed E-state index contributed by atoms with van der Waals surface area (Å²) in [6, 6.07) is 8.47. The molecular weight excluding hydrogens is 296 g/mol. The lowest BCUT2D eigenvalue weighted by atomic mass is 9.87. The molecule has 0 heterocycles. The Morgan fingerprint density at radius 2 is 1.62 bits per heavy atom. The Bertz CT molecular complexity index is 453. The van der Waals surface area contributed by atoms with Gasteiger partial charge in [0, 0.05) is 22.7 Å². The van der Waals surface area contributed by atoms with Gasteiger partial charge in [0.1, 0.15) is 0 Å². The molecule has 0 saturated carbocycles. The molecule has 1 aromatic carbocycles. The predicted molar refractivity (Wildman–Crippen MR) is 102 cm³/mol. The Morgan fingerprint density at radius 1 is 1.05 bits per heavy atom. The minimum Gasteiger partial charge on any atom is -0.362 e. The molecule has 0 aliphatic rings. The van der Waals surface area contributed by atoms with Gasteiger partial charge in [0.2, 0.25) is 0 Å². The van der Waals surface area contributed by atoms with Crippen LogP contribution in [0, 0.1) is 0 Å². The third kappa shape index (κ3) is 7.72. The van der Waals surface area contributed by atoms with Gasteiger partial charge >= 0.3 is 0 Å². The van der Waals surface area contributed by atoms with Gasteiger partial charge in [-0.3, -0.25) is 0 Å². The fourth-order valence-electron chi connectivity index (χ4n) is 1.75. The molecular formula is C17H28N2S2. The standard InChI is InChI=1S/C17H28N2S2/c1-16(2,3)13-7-9-14(10-8-13)19-15(20)18-11-12-21-17(4,5)6/h7-10H,11-12H2,1-6H3,(H2,18,19,20). The van der Waals surface area contributed by atoms with Crippen LogP contribution in [-0.2, 0) is 5.41 Å². The van der Waals surface area contributed by atoms with Gasteiger partial charge in [-0.05, 0) is 35.3 Å². The van der Waals surface area contributed by atoms with Crippen molar-refractivity contribution in [2.75, 3.05) is 17.6 Å². The van der Waals surface area contributed by atoms with E-state index >= 15 is 0 Å².